The molecule has 1 rings (SSSR count). The molecule has 0 aliphatic rings. The number of hydrogen-bond donors (Lipinski definition) is 1. The monoisotopic (exact) mass is 807 g/mol. The van der Waals surface area contributed by atoms with Gasteiger partial charge in [-0.3, -0.25) is 0 Å². The van der Waals surface area contributed by atoms with Gasteiger partial charge in [0.05, 0.1) is 0 Å². The molecule has 0 unspecified atom stereocenters. The van der Waals surface area contributed by atoms with Crippen molar-refractivity contribution in [2.75, 3.05) is 0 Å². The lowest BCUT2D eigenvalue weighted by Gasteiger charge is -2.42. The van der Waals surface area contributed by atoms with Crippen LogP contribution in [0.2, 0.25) is 19.6 Å². The van der Waals surface area contributed by atoms with Gasteiger partial charge in [0.1, 0.15) is 20.7 Å². The number of ether oxygens (including phenoxy) is 2. The first kappa shape index (κ1) is 46.6. The Bertz CT molecular complexity index is 1490. The van der Waals surface area contributed by atoms with E-state index < -0.39 is 104 Å². The summed E-state index contributed by atoms with van der Waals surface area (Å²) in [4.78, 5) is 24.4. The third-order valence-corrected chi connectivity index (χ3v) is 7.56. The number of amides is 1. The van der Waals surface area contributed by atoms with Crippen molar-refractivity contribution >= 4 is 20.1 Å². The van der Waals surface area contributed by atoms with E-state index in [1.54, 1.807) is 0 Å². The van der Waals surface area contributed by atoms with Crippen LogP contribution in [0.4, 0.5) is 79.4 Å². The Kier molecular flexibility index (Phi) is 13.2. The fourth-order valence-electron chi connectivity index (χ4n) is 3.59. The van der Waals surface area contributed by atoms with Crippen molar-refractivity contribution in [1.82, 2.24) is 5.32 Å². The molecule has 1 aromatic rings. The Balaban J connectivity index is 2.99. The van der Waals surface area contributed by atoms with E-state index in [0.29, 0.717) is 0 Å². The van der Waals surface area contributed by atoms with E-state index in [1.807, 2.05) is 19.6 Å². The lowest BCUT2D eigenvalue weighted by molar-refractivity contribution is -0.461. The molecule has 0 aliphatic heterocycles. The average molecular weight is 808 g/mol. The van der Waals surface area contributed by atoms with Crippen molar-refractivity contribution in [3.63, 3.8) is 0 Å². The number of esters is 1. The van der Waals surface area contributed by atoms with Gasteiger partial charge in [0.25, 0.3) is 0 Å². The fraction of sp³-hybridized carbons (Fsp3) is 0.655. The van der Waals surface area contributed by atoms with Crippen molar-refractivity contribution in [2.45, 2.75) is 119 Å². The highest BCUT2D eigenvalue weighted by atomic mass is 28.3. The van der Waals surface area contributed by atoms with E-state index in [9.17, 15) is 84.2 Å². The maximum Gasteiger partial charge on any atom is 0.460 e. The molecule has 0 heterocycles. The summed E-state index contributed by atoms with van der Waals surface area (Å²) in [6.07, 6.45) is -13.1. The van der Waals surface area contributed by atoms with Gasteiger partial charge in [-0.2, -0.15) is 74.6 Å². The predicted molar refractivity (Wildman–Crippen MR) is 150 cm³/mol. The molecule has 1 atom stereocenters. The van der Waals surface area contributed by atoms with E-state index >= 15 is 0 Å². The summed E-state index contributed by atoms with van der Waals surface area (Å²) >= 11 is 0. The average Bonchev–Trinajstić information content (AvgIpc) is 2.96. The molecule has 0 aliphatic carbocycles. The summed E-state index contributed by atoms with van der Waals surface area (Å²) in [5.74, 6) is -54.8. The van der Waals surface area contributed by atoms with Gasteiger partial charge in [0.2, 0.25) is 0 Å². The predicted octanol–water partition coefficient (Wildman–Crippen LogP) is 9.45. The molecule has 0 bridgehead atoms. The van der Waals surface area contributed by atoms with E-state index in [4.69, 9.17) is 9.47 Å². The van der Waals surface area contributed by atoms with Gasteiger partial charge in [-0.1, -0.05) is 49.8 Å². The lowest BCUT2D eigenvalue weighted by atomic mass is 9.87. The van der Waals surface area contributed by atoms with Crippen LogP contribution in [0, 0.1) is 11.5 Å². The van der Waals surface area contributed by atoms with E-state index in [1.165, 1.54) is 20.8 Å². The summed E-state index contributed by atoms with van der Waals surface area (Å²) in [7, 11) is -1.82. The molecule has 1 N–H and O–H groups in total. The first-order chi connectivity index (χ1) is 22.8. The molecule has 1 amide bonds. The maximum absolute atomic E-state index is 14.2. The van der Waals surface area contributed by atoms with Gasteiger partial charge in [-0.05, 0) is 38.3 Å². The summed E-state index contributed by atoms with van der Waals surface area (Å²) < 4.78 is 239. The highest BCUT2D eigenvalue weighted by Crippen LogP contribution is 2.64. The molecule has 0 saturated carbocycles. The third-order valence-electron chi connectivity index (χ3n) is 6.69. The first-order valence-electron chi connectivity index (χ1n) is 14.3. The molecular weight excluding hydrogens is 777 g/mol. The SMILES string of the molecule is C[C@H](NC(=O)OCc1ccc(CCC(F)(F)C(F)(F)C(F)(F)C(F)(F)C(F)(F)C(F)(F)C(F)(F)C(F)(F)F)cc1)C(=O)OC(C)(C)C#C[Si](C)(C)C. The number of aryl methyl sites for hydroxylation is 1. The lowest BCUT2D eigenvalue weighted by Crippen LogP contribution is -2.74. The Hall–Kier alpha value is -3.45. The van der Waals surface area contributed by atoms with Crippen LogP contribution in [0.1, 0.15) is 38.3 Å². The summed E-state index contributed by atoms with van der Waals surface area (Å²) in [5, 5.41) is 2.14. The minimum absolute atomic E-state index is 0.0407. The summed E-state index contributed by atoms with van der Waals surface area (Å²) in [6, 6.07) is 2.33. The van der Waals surface area contributed by atoms with Crippen LogP contribution in [0.15, 0.2) is 24.3 Å². The molecule has 23 heteroatoms. The minimum atomic E-state index is -8.68. The zero-order chi connectivity index (χ0) is 41.4. The molecular formula is C29H30F17NO4Si. The molecule has 298 valence electrons. The van der Waals surface area contributed by atoms with Crippen molar-refractivity contribution < 1.29 is 93.7 Å². The molecule has 0 radical (unpaired) electrons. The second-order valence-electron chi connectivity index (χ2n) is 12.8. The van der Waals surface area contributed by atoms with Gasteiger partial charge in [0.15, 0.2) is 5.60 Å². The minimum Gasteiger partial charge on any atom is -0.445 e. The second kappa shape index (κ2) is 14.8. The number of alkyl halides is 17. The van der Waals surface area contributed by atoms with Crippen LogP contribution >= 0.6 is 0 Å². The van der Waals surface area contributed by atoms with Crippen molar-refractivity contribution in [2.24, 2.45) is 0 Å². The Morgan fingerprint density at radius 2 is 1.10 bits per heavy atom. The number of benzene rings is 1. The number of halogens is 17. The largest absolute Gasteiger partial charge is 0.460 e. The number of carbonyl (C=O) groups excluding carboxylic acids is 2. The highest BCUT2D eigenvalue weighted by Gasteiger charge is 2.95. The molecule has 0 spiro atoms. The molecule has 1 aromatic carbocycles. The first-order valence-corrected chi connectivity index (χ1v) is 17.8. The van der Waals surface area contributed by atoms with Crippen LogP contribution < -0.4 is 5.32 Å². The van der Waals surface area contributed by atoms with Crippen LogP contribution in [-0.2, 0) is 27.3 Å². The standard InChI is InChI=1S/C29H30F17NO4Si/c1-16(19(48)51-21(2,3)13-14-52(4,5)6)47-20(49)50-15-18-9-7-17(8-10-18)11-12-22(30,31)23(32,33)24(34,35)25(36,37)26(38,39)27(40,41)28(42,43)29(44,45)46/h7-10,16H,11-12,15H2,1-6H3,(H,47,49)/t16-/m0/s1. The van der Waals surface area contributed by atoms with E-state index in [-0.39, 0.29) is 5.56 Å². The molecule has 0 fully saturated rings. The van der Waals surface area contributed by atoms with Gasteiger partial charge in [0, 0.05) is 6.42 Å². The number of rotatable bonds is 14. The Morgan fingerprint density at radius 3 is 1.52 bits per heavy atom. The van der Waals surface area contributed by atoms with E-state index in [0.717, 1.165) is 24.3 Å². The number of nitrogens with one attached hydrogen (secondary N) is 1. The maximum atomic E-state index is 14.2. The van der Waals surface area contributed by atoms with Gasteiger partial charge < -0.3 is 14.8 Å². The fourth-order valence-corrected chi connectivity index (χ4v) is 4.26. The zero-order valence-corrected chi connectivity index (χ0v) is 28.6. The third kappa shape index (κ3) is 9.55. The van der Waals surface area contributed by atoms with Crippen LogP contribution in [-0.4, -0.2) is 79.4 Å². The van der Waals surface area contributed by atoms with E-state index in [2.05, 4.69) is 16.8 Å². The molecule has 0 aromatic heterocycles. The second-order valence-corrected chi connectivity index (χ2v) is 17.6. The van der Waals surface area contributed by atoms with Gasteiger partial charge >= 0.3 is 59.7 Å². The zero-order valence-electron chi connectivity index (χ0n) is 27.6. The van der Waals surface area contributed by atoms with Crippen LogP contribution in [0.25, 0.3) is 0 Å². The van der Waals surface area contributed by atoms with Gasteiger partial charge in [-0.15, -0.1) is 5.54 Å². The molecule has 0 saturated heterocycles. The van der Waals surface area contributed by atoms with Crippen molar-refractivity contribution in [3.8, 4) is 11.5 Å². The van der Waals surface area contributed by atoms with Crippen molar-refractivity contribution in [3.05, 3.63) is 35.4 Å². The van der Waals surface area contributed by atoms with Crippen molar-refractivity contribution in [1.29, 1.82) is 0 Å². The number of carbonyl (C=O) groups is 2. The van der Waals surface area contributed by atoms with Gasteiger partial charge in [-0.25, -0.2) is 9.59 Å². The quantitative estimate of drug-likeness (QED) is 0.0882. The normalized spacial score (nSPS) is 15.0. The Morgan fingerprint density at radius 1 is 0.692 bits per heavy atom. The number of alkyl carbamates (subject to hydrolysis) is 1. The molecule has 5 nitrogen and oxygen atoms in total. The highest BCUT2D eigenvalue weighted by molar-refractivity contribution is 6.83. The van der Waals surface area contributed by atoms with Crippen LogP contribution in [0.3, 0.4) is 0 Å². The number of hydrogen-bond acceptors (Lipinski definition) is 4. The Labute approximate surface area is 285 Å². The smallest absolute Gasteiger partial charge is 0.445 e. The summed E-state index contributed by atoms with van der Waals surface area (Å²) in [5.41, 5.74) is 1.37. The molecule has 52 heavy (non-hydrogen) atoms. The van der Waals surface area contributed by atoms with Crippen LogP contribution in [0.5, 0.6) is 0 Å². The topological polar surface area (TPSA) is 64.6 Å². The summed E-state index contributed by atoms with van der Waals surface area (Å²) in [6.45, 7) is 9.50.